The molecule has 0 heterocycles. The van der Waals surface area contributed by atoms with Gasteiger partial charge in [0.1, 0.15) is 0 Å². The van der Waals surface area contributed by atoms with Crippen LogP contribution in [0.1, 0.15) is 120 Å². The highest BCUT2D eigenvalue weighted by Crippen LogP contribution is 2.51. The van der Waals surface area contributed by atoms with E-state index in [2.05, 4.69) is 174 Å². The summed E-state index contributed by atoms with van der Waals surface area (Å²) in [7, 11) is 0. The van der Waals surface area contributed by atoms with Crippen LogP contribution >= 0.6 is 0 Å². The zero-order chi connectivity index (χ0) is 43.8. The molecule has 4 aliphatic rings. The van der Waals surface area contributed by atoms with E-state index in [0.29, 0.717) is 0 Å². The first kappa shape index (κ1) is 39.7. The van der Waals surface area contributed by atoms with E-state index in [1.54, 1.807) is 0 Å². The van der Waals surface area contributed by atoms with Crippen LogP contribution in [0.15, 0.2) is 109 Å². The molecule has 0 N–H and O–H groups in total. The second kappa shape index (κ2) is 14.3. The van der Waals surface area contributed by atoms with E-state index >= 15 is 0 Å². The van der Waals surface area contributed by atoms with Crippen molar-refractivity contribution in [3.05, 3.63) is 176 Å². The van der Waals surface area contributed by atoms with Gasteiger partial charge in [0.2, 0.25) is 0 Å². The molecule has 0 amide bonds. The minimum absolute atomic E-state index is 0.202. The van der Waals surface area contributed by atoms with E-state index in [0.717, 1.165) is 25.7 Å². The Morgan fingerprint density at radius 3 is 1.06 bits per heavy atom. The van der Waals surface area contributed by atoms with Gasteiger partial charge in [0.05, 0.1) is 11.4 Å². The molecule has 8 aromatic carbocycles. The molecule has 12 rings (SSSR count). The Balaban J connectivity index is 1.17. The molecule has 0 saturated carbocycles. The topological polar surface area (TPSA) is 6.48 Å². The number of rotatable bonds is 6. The van der Waals surface area contributed by atoms with Crippen LogP contribution in [0.2, 0.25) is 0 Å². The number of hydrogen-bond donors (Lipinski definition) is 0. The van der Waals surface area contributed by atoms with Crippen LogP contribution in [0.5, 0.6) is 0 Å². The summed E-state index contributed by atoms with van der Waals surface area (Å²) in [6.07, 6.45) is 11.8. The van der Waals surface area contributed by atoms with Crippen LogP contribution in [0.25, 0.3) is 32.3 Å². The molecule has 64 heavy (non-hydrogen) atoms. The quantitative estimate of drug-likeness (QED) is 0.154. The average molecular weight is 835 g/mol. The molecule has 0 radical (unpaired) electrons. The molecular formula is C62H62N2. The van der Waals surface area contributed by atoms with E-state index in [4.69, 9.17) is 0 Å². The predicted octanol–water partition coefficient (Wildman–Crippen LogP) is 16.7. The zero-order valence-electron chi connectivity index (χ0n) is 39.4. The van der Waals surface area contributed by atoms with Crippen LogP contribution in [0.3, 0.4) is 0 Å². The molecule has 0 saturated heterocycles. The lowest BCUT2D eigenvalue weighted by Gasteiger charge is -2.31. The summed E-state index contributed by atoms with van der Waals surface area (Å²) < 4.78 is 0. The van der Waals surface area contributed by atoms with E-state index in [1.807, 2.05) is 0 Å². The Hall–Kier alpha value is -5.86. The first-order chi connectivity index (χ1) is 30.8. The lowest BCUT2D eigenvalue weighted by Crippen LogP contribution is -2.14. The third-order valence-electron chi connectivity index (χ3n) is 16.6. The molecule has 0 aliphatic heterocycles. The molecule has 0 atom stereocenters. The van der Waals surface area contributed by atoms with Gasteiger partial charge in [-0.3, -0.25) is 0 Å². The van der Waals surface area contributed by atoms with Gasteiger partial charge in [0.15, 0.2) is 0 Å². The van der Waals surface area contributed by atoms with Crippen LogP contribution in [0, 0.1) is 27.7 Å². The average Bonchev–Trinajstić information content (AvgIpc) is 4.08. The Labute approximate surface area is 380 Å². The maximum atomic E-state index is 2.62. The fourth-order valence-electron chi connectivity index (χ4n) is 12.5. The minimum Gasteiger partial charge on any atom is -0.310 e. The first-order valence-corrected chi connectivity index (χ1v) is 24.3. The molecule has 0 spiro atoms. The van der Waals surface area contributed by atoms with Gasteiger partial charge < -0.3 is 9.80 Å². The standard InChI is InChI=1S/C62H62N2/c1-37-27-51-53-35-60(64(48-18-16-42-12-10-14-44(42)32-48)50-20-22-58-46(34-50)24-26-62(58,7)8)56-30-40(4)38(2)28-52(56)54(53)36-59(55(51)29-39(37)3)63(47-17-15-41-11-9-13-43(41)31-47)49-19-21-57-45(33-49)23-25-61(57,5)6/h15-22,27-36H,9-14,23-26H2,1-8H3. The van der Waals surface area contributed by atoms with Gasteiger partial charge in [-0.05, 0) is 264 Å². The fourth-order valence-corrected chi connectivity index (χ4v) is 12.5. The first-order valence-electron chi connectivity index (χ1n) is 24.3. The summed E-state index contributed by atoms with van der Waals surface area (Å²) in [6, 6.07) is 44.5. The Morgan fingerprint density at radius 1 is 0.328 bits per heavy atom. The molecule has 8 aromatic rings. The van der Waals surface area contributed by atoms with Crippen LogP contribution < -0.4 is 9.80 Å². The van der Waals surface area contributed by atoms with E-state index in [-0.39, 0.29) is 10.8 Å². The van der Waals surface area contributed by atoms with E-state index in [9.17, 15) is 0 Å². The highest BCUT2D eigenvalue weighted by Gasteiger charge is 2.33. The number of aryl methyl sites for hydroxylation is 10. The zero-order valence-corrected chi connectivity index (χ0v) is 39.4. The van der Waals surface area contributed by atoms with Crippen molar-refractivity contribution in [1.29, 1.82) is 0 Å². The van der Waals surface area contributed by atoms with Crippen molar-refractivity contribution in [3.8, 4) is 0 Å². The molecule has 4 aliphatic carbocycles. The van der Waals surface area contributed by atoms with Crippen molar-refractivity contribution >= 4 is 66.4 Å². The van der Waals surface area contributed by atoms with Gasteiger partial charge in [-0.1, -0.05) is 64.1 Å². The SMILES string of the molecule is Cc1cc2c(N(c3ccc4c(c3)CCC4)c3ccc4c(c3)CCC4(C)C)cc3c4cc(C)c(C)cc4c(N(c4ccc5c(c4)CCC5)c4ccc5c(c4)CCC5(C)C)cc3c2cc1C. The van der Waals surface area contributed by atoms with Gasteiger partial charge >= 0.3 is 0 Å². The molecule has 0 fully saturated rings. The largest absolute Gasteiger partial charge is 0.310 e. The maximum absolute atomic E-state index is 2.62. The smallest absolute Gasteiger partial charge is 0.0546 e. The Bertz CT molecular complexity index is 3070. The molecule has 2 nitrogen and oxygen atoms in total. The van der Waals surface area contributed by atoms with Gasteiger partial charge in [-0.2, -0.15) is 0 Å². The summed E-state index contributed by atoms with van der Waals surface area (Å²) in [6.45, 7) is 18.8. The number of nitrogens with zero attached hydrogens (tertiary/aromatic N) is 2. The Kier molecular flexibility index (Phi) is 8.89. The van der Waals surface area contributed by atoms with E-state index < -0.39 is 0 Å². The molecule has 320 valence electrons. The summed E-state index contributed by atoms with van der Waals surface area (Å²) in [5.41, 5.74) is 25.3. The maximum Gasteiger partial charge on any atom is 0.0546 e. The number of anilines is 6. The van der Waals surface area contributed by atoms with Crippen LogP contribution in [0.4, 0.5) is 34.1 Å². The third-order valence-corrected chi connectivity index (χ3v) is 16.6. The second-order valence-corrected chi connectivity index (χ2v) is 21.6. The van der Waals surface area contributed by atoms with Crippen molar-refractivity contribution in [3.63, 3.8) is 0 Å². The highest BCUT2D eigenvalue weighted by molar-refractivity contribution is 6.25. The lowest BCUT2D eigenvalue weighted by molar-refractivity contribution is 0.522. The van der Waals surface area contributed by atoms with Crippen molar-refractivity contribution in [2.45, 2.75) is 130 Å². The minimum atomic E-state index is 0.202. The summed E-state index contributed by atoms with van der Waals surface area (Å²) in [5, 5.41) is 7.85. The number of hydrogen-bond acceptors (Lipinski definition) is 2. The van der Waals surface area contributed by atoms with Gasteiger partial charge in [-0.15, -0.1) is 0 Å². The Morgan fingerprint density at radius 2 is 0.656 bits per heavy atom. The summed E-state index contributed by atoms with van der Waals surface area (Å²) >= 11 is 0. The van der Waals surface area contributed by atoms with Crippen molar-refractivity contribution < 1.29 is 0 Å². The number of benzene rings is 8. The molecule has 0 aromatic heterocycles. The molecule has 2 heteroatoms. The van der Waals surface area contributed by atoms with Gasteiger partial charge in [-0.25, -0.2) is 0 Å². The summed E-state index contributed by atoms with van der Waals surface area (Å²) in [5.74, 6) is 0. The monoisotopic (exact) mass is 834 g/mol. The van der Waals surface area contributed by atoms with Crippen molar-refractivity contribution in [1.82, 2.24) is 0 Å². The number of fused-ring (bicyclic) bond motifs is 9. The van der Waals surface area contributed by atoms with Gasteiger partial charge in [0.25, 0.3) is 0 Å². The molecular weight excluding hydrogens is 773 g/mol. The highest BCUT2D eigenvalue weighted by atomic mass is 15.2. The van der Waals surface area contributed by atoms with E-state index in [1.165, 1.54) is 172 Å². The fraction of sp³-hybridized carbons (Fsp3) is 0.323. The predicted molar refractivity (Wildman–Crippen MR) is 274 cm³/mol. The summed E-state index contributed by atoms with van der Waals surface area (Å²) in [4.78, 5) is 5.23. The third kappa shape index (κ3) is 6.18. The van der Waals surface area contributed by atoms with Crippen LogP contribution in [-0.2, 0) is 49.4 Å². The molecule has 0 bridgehead atoms. The van der Waals surface area contributed by atoms with Crippen molar-refractivity contribution in [2.75, 3.05) is 9.80 Å². The lowest BCUT2D eigenvalue weighted by atomic mass is 9.86. The second-order valence-electron chi connectivity index (χ2n) is 21.6. The molecule has 0 unspecified atom stereocenters. The normalized spacial score (nSPS) is 16.7. The van der Waals surface area contributed by atoms with Crippen LogP contribution in [-0.4, -0.2) is 0 Å². The van der Waals surface area contributed by atoms with Gasteiger partial charge in [0, 0.05) is 33.5 Å². The van der Waals surface area contributed by atoms with Crippen molar-refractivity contribution in [2.24, 2.45) is 0 Å².